The van der Waals surface area contributed by atoms with Crippen LogP contribution in [0.5, 0.6) is 17.2 Å². The SMILES string of the molecule is COc1cc(/C=C/C(CC(/C=C/c2ccc(O)c(C(C)=O)c2)OC)OC)ccc1O. The van der Waals surface area contributed by atoms with E-state index in [4.69, 9.17) is 14.2 Å². The molecule has 0 aliphatic heterocycles. The molecule has 6 heteroatoms. The highest BCUT2D eigenvalue weighted by atomic mass is 16.5. The molecule has 0 bridgehead atoms. The Morgan fingerprint density at radius 1 is 0.900 bits per heavy atom. The molecule has 2 unspecified atom stereocenters. The monoisotopic (exact) mass is 412 g/mol. The van der Waals surface area contributed by atoms with Crippen LogP contribution in [0.1, 0.15) is 34.8 Å². The summed E-state index contributed by atoms with van der Waals surface area (Å²) < 4.78 is 16.2. The average Bonchev–Trinajstić information content (AvgIpc) is 2.75. The number of benzene rings is 2. The van der Waals surface area contributed by atoms with Crippen molar-refractivity contribution < 1.29 is 29.2 Å². The molecule has 2 aromatic rings. The Kier molecular flexibility index (Phi) is 8.65. The van der Waals surface area contributed by atoms with Crippen molar-refractivity contribution in [2.75, 3.05) is 21.3 Å². The van der Waals surface area contributed by atoms with Crippen LogP contribution in [0.25, 0.3) is 12.2 Å². The number of rotatable bonds is 10. The van der Waals surface area contributed by atoms with E-state index in [1.54, 1.807) is 44.6 Å². The van der Waals surface area contributed by atoms with Gasteiger partial charge in [0.05, 0.1) is 24.9 Å². The van der Waals surface area contributed by atoms with Crippen molar-refractivity contribution in [3.8, 4) is 17.2 Å². The minimum absolute atomic E-state index is 0.0293. The normalized spacial score (nSPS) is 13.6. The zero-order valence-electron chi connectivity index (χ0n) is 17.7. The van der Waals surface area contributed by atoms with Crippen molar-refractivity contribution in [2.24, 2.45) is 0 Å². The Morgan fingerprint density at radius 3 is 1.93 bits per heavy atom. The van der Waals surface area contributed by atoms with Gasteiger partial charge in [-0.05, 0) is 42.3 Å². The highest BCUT2D eigenvalue weighted by Gasteiger charge is 2.12. The number of ether oxygens (including phenoxy) is 3. The quantitative estimate of drug-likeness (QED) is 0.561. The third-order valence-corrected chi connectivity index (χ3v) is 4.68. The van der Waals surface area contributed by atoms with Crippen molar-refractivity contribution >= 4 is 17.9 Å². The van der Waals surface area contributed by atoms with Crippen molar-refractivity contribution in [1.82, 2.24) is 0 Å². The van der Waals surface area contributed by atoms with Gasteiger partial charge in [-0.1, -0.05) is 36.4 Å². The summed E-state index contributed by atoms with van der Waals surface area (Å²) in [5.74, 6) is 0.271. The summed E-state index contributed by atoms with van der Waals surface area (Å²) in [6.45, 7) is 1.42. The molecule has 2 atom stereocenters. The Balaban J connectivity index is 2.08. The number of phenolic OH excluding ortho intramolecular Hbond substituents is 2. The van der Waals surface area contributed by atoms with E-state index in [0.717, 1.165) is 11.1 Å². The van der Waals surface area contributed by atoms with Gasteiger partial charge >= 0.3 is 0 Å². The minimum Gasteiger partial charge on any atom is -0.507 e. The lowest BCUT2D eigenvalue weighted by molar-refractivity contribution is 0.0662. The molecule has 0 saturated carbocycles. The maximum atomic E-state index is 11.6. The summed E-state index contributed by atoms with van der Waals surface area (Å²) in [6.07, 6.45) is 7.70. The molecule has 0 radical (unpaired) electrons. The molecular formula is C24H28O6. The predicted molar refractivity (Wildman–Crippen MR) is 117 cm³/mol. The summed E-state index contributed by atoms with van der Waals surface area (Å²) in [4.78, 5) is 11.6. The standard InChI is InChI=1S/C24H28O6/c1-16(25)21-13-17(7-11-22(21)26)5-9-19(28-2)15-20(29-3)10-6-18-8-12-23(27)24(14-18)30-4/h5-14,19-20,26-27H,15H2,1-4H3/b9-5+,10-6+. The number of methoxy groups -OCH3 is 3. The van der Waals surface area contributed by atoms with Crippen molar-refractivity contribution in [3.05, 3.63) is 65.2 Å². The molecule has 160 valence electrons. The second-order valence-corrected chi connectivity index (χ2v) is 6.77. The lowest BCUT2D eigenvalue weighted by atomic mass is 10.0. The third-order valence-electron chi connectivity index (χ3n) is 4.68. The average molecular weight is 412 g/mol. The maximum Gasteiger partial charge on any atom is 0.163 e. The predicted octanol–water partition coefficient (Wildman–Crippen LogP) is 4.46. The number of carbonyl (C=O) groups is 1. The zero-order valence-corrected chi connectivity index (χ0v) is 17.7. The number of ketones is 1. The molecule has 30 heavy (non-hydrogen) atoms. The lowest BCUT2D eigenvalue weighted by Crippen LogP contribution is -2.18. The Labute approximate surface area is 177 Å². The fourth-order valence-corrected chi connectivity index (χ4v) is 2.91. The van der Waals surface area contributed by atoms with Crippen LogP contribution in [0, 0.1) is 0 Å². The first-order chi connectivity index (χ1) is 14.4. The zero-order chi connectivity index (χ0) is 22.1. The first-order valence-electron chi connectivity index (χ1n) is 9.50. The van der Waals surface area contributed by atoms with Crippen LogP contribution in [0.4, 0.5) is 0 Å². The topological polar surface area (TPSA) is 85.2 Å². The molecule has 0 amide bonds. The number of hydrogen-bond acceptors (Lipinski definition) is 6. The highest BCUT2D eigenvalue weighted by Crippen LogP contribution is 2.27. The summed E-state index contributed by atoms with van der Waals surface area (Å²) >= 11 is 0. The molecule has 0 aromatic heterocycles. The van der Waals surface area contributed by atoms with Crippen molar-refractivity contribution in [3.63, 3.8) is 0 Å². The van der Waals surface area contributed by atoms with Gasteiger partial charge in [-0.25, -0.2) is 0 Å². The summed E-state index contributed by atoms with van der Waals surface area (Å²) in [5.41, 5.74) is 1.95. The van der Waals surface area contributed by atoms with Gasteiger partial charge in [0.2, 0.25) is 0 Å². The van der Waals surface area contributed by atoms with Gasteiger partial charge in [0.25, 0.3) is 0 Å². The Morgan fingerprint density at radius 2 is 1.43 bits per heavy atom. The van der Waals surface area contributed by atoms with E-state index in [1.165, 1.54) is 20.1 Å². The van der Waals surface area contributed by atoms with Crippen LogP contribution in [0.3, 0.4) is 0 Å². The molecule has 0 aliphatic carbocycles. The number of aromatic hydroxyl groups is 2. The Bertz CT molecular complexity index is 916. The van der Waals surface area contributed by atoms with Gasteiger partial charge in [0.15, 0.2) is 17.3 Å². The molecule has 0 saturated heterocycles. The molecule has 2 aromatic carbocycles. The van der Waals surface area contributed by atoms with Gasteiger partial charge in [-0.2, -0.15) is 0 Å². The van der Waals surface area contributed by atoms with E-state index >= 15 is 0 Å². The van der Waals surface area contributed by atoms with Crippen LogP contribution in [-0.4, -0.2) is 49.5 Å². The molecule has 0 aliphatic rings. The summed E-state index contributed by atoms with van der Waals surface area (Å²) in [7, 11) is 4.75. The molecule has 2 rings (SSSR count). The van der Waals surface area contributed by atoms with Crippen molar-refractivity contribution in [2.45, 2.75) is 25.6 Å². The Hall–Kier alpha value is -3.09. The number of Topliss-reactive ketones (excluding diaryl/α,β-unsaturated/α-hetero) is 1. The fraction of sp³-hybridized carbons (Fsp3) is 0.292. The van der Waals surface area contributed by atoms with Crippen LogP contribution < -0.4 is 4.74 Å². The largest absolute Gasteiger partial charge is 0.507 e. The van der Waals surface area contributed by atoms with Crippen LogP contribution >= 0.6 is 0 Å². The smallest absolute Gasteiger partial charge is 0.163 e. The maximum absolute atomic E-state index is 11.6. The van der Waals surface area contributed by atoms with Crippen LogP contribution in [0.2, 0.25) is 0 Å². The molecule has 0 heterocycles. The number of carbonyl (C=O) groups excluding carboxylic acids is 1. The second-order valence-electron chi connectivity index (χ2n) is 6.77. The molecule has 6 nitrogen and oxygen atoms in total. The van der Waals surface area contributed by atoms with Gasteiger partial charge in [0, 0.05) is 20.6 Å². The van der Waals surface area contributed by atoms with Gasteiger partial charge in [-0.3, -0.25) is 4.79 Å². The van der Waals surface area contributed by atoms with E-state index in [0.29, 0.717) is 12.2 Å². The van der Waals surface area contributed by atoms with Gasteiger partial charge in [-0.15, -0.1) is 0 Å². The number of hydrogen-bond donors (Lipinski definition) is 2. The third kappa shape index (κ3) is 6.47. The first kappa shape index (κ1) is 23.2. The van der Waals surface area contributed by atoms with E-state index in [9.17, 15) is 15.0 Å². The van der Waals surface area contributed by atoms with E-state index in [1.807, 2.05) is 24.3 Å². The van der Waals surface area contributed by atoms with E-state index in [-0.39, 0.29) is 35.1 Å². The van der Waals surface area contributed by atoms with Gasteiger partial charge in [0.1, 0.15) is 5.75 Å². The molecular weight excluding hydrogens is 384 g/mol. The summed E-state index contributed by atoms with van der Waals surface area (Å²) in [5, 5.41) is 19.5. The van der Waals surface area contributed by atoms with E-state index in [2.05, 4.69) is 0 Å². The fourth-order valence-electron chi connectivity index (χ4n) is 2.91. The molecule has 0 spiro atoms. The van der Waals surface area contributed by atoms with Crippen LogP contribution in [-0.2, 0) is 9.47 Å². The van der Waals surface area contributed by atoms with E-state index < -0.39 is 0 Å². The van der Waals surface area contributed by atoms with Gasteiger partial charge < -0.3 is 24.4 Å². The second kappa shape index (κ2) is 11.2. The molecule has 2 N–H and O–H groups in total. The lowest BCUT2D eigenvalue weighted by Gasteiger charge is -2.17. The first-order valence-corrected chi connectivity index (χ1v) is 9.50. The van der Waals surface area contributed by atoms with Crippen molar-refractivity contribution in [1.29, 1.82) is 0 Å². The summed E-state index contributed by atoms with van der Waals surface area (Å²) in [6, 6.07) is 9.98. The molecule has 0 fully saturated rings. The number of phenols is 2. The van der Waals surface area contributed by atoms with Crippen LogP contribution in [0.15, 0.2) is 48.6 Å². The highest BCUT2D eigenvalue weighted by molar-refractivity contribution is 5.97. The minimum atomic E-state index is -0.219.